The van der Waals surface area contributed by atoms with Crippen molar-refractivity contribution in [1.82, 2.24) is 20.4 Å². The summed E-state index contributed by atoms with van der Waals surface area (Å²) in [7, 11) is 1.72. The van der Waals surface area contributed by atoms with Crippen molar-refractivity contribution in [1.29, 1.82) is 0 Å². The predicted molar refractivity (Wildman–Crippen MR) is 98.7 cm³/mol. The Hall–Kier alpha value is -2.55. The standard InChI is InChI=1S/C17H28N6O3/c1-12(2)21-15(24)11-22-6-8-23(9-7-22)17(19-3)20-10-13-4-5-14(26-13)16(18)25/h4-5,12H,6-11H2,1-3H3,(H2,18,25)(H,19,20)(H,21,24). The molecular formula is C17H28N6O3. The molecule has 26 heavy (non-hydrogen) atoms. The highest BCUT2D eigenvalue weighted by molar-refractivity contribution is 5.89. The molecule has 1 saturated heterocycles. The minimum absolute atomic E-state index is 0.0547. The van der Waals surface area contributed by atoms with Crippen molar-refractivity contribution >= 4 is 17.8 Å². The number of rotatable bonds is 6. The third-order valence-corrected chi connectivity index (χ3v) is 4.03. The largest absolute Gasteiger partial charge is 0.454 e. The Morgan fingerprint density at radius 1 is 1.27 bits per heavy atom. The minimum atomic E-state index is -0.585. The molecule has 0 saturated carbocycles. The van der Waals surface area contributed by atoms with Gasteiger partial charge >= 0.3 is 0 Å². The molecule has 9 heteroatoms. The van der Waals surface area contributed by atoms with Gasteiger partial charge in [-0.05, 0) is 26.0 Å². The van der Waals surface area contributed by atoms with Crippen molar-refractivity contribution in [2.75, 3.05) is 39.8 Å². The molecule has 4 N–H and O–H groups in total. The van der Waals surface area contributed by atoms with Crippen molar-refractivity contribution in [2.24, 2.45) is 10.7 Å². The Kier molecular flexibility index (Phi) is 7.02. The topological polar surface area (TPSA) is 116 Å². The summed E-state index contributed by atoms with van der Waals surface area (Å²) < 4.78 is 5.36. The molecule has 1 aliphatic heterocycles. The van der Waals surface area contributed by atoms with E-state index in [-0.39, 0.29) is 17.7 Å². The van der Waals surface area contributed by atoms with Crippen LogP contribution in [0.25, 0.3) is 0 Å². The number of furan rings is 1. The van der Waals surface area contributed by atoms with Gasteiger partial charge in [0.25, 0.3) is 5.91 Å². The minimum Gasteiger partial charge on any atom is -0.454 e. The van der Waals surface area contributed by atoms with Gasteiger partial charge in [0.05, 0.1) is 13.1 Å². The molecular weight excluding hydrogens is 336 g/mol. The zero-order valence-electron chi connectivity index (χ0n) is 15.6. The summed E-state index contributed by atoms with van der Waals surface area (Å²) in [5.41, 5.74) is 5.18. The molecule has 2 rings (SSSR count). The number of carbonyl (C=O) groups is 2. The molecule has 1 aliphatic rings. The van der Waals surface area contributed by atoms with E-state index in [4.69, 9.17) is 10.2 Å². The molecule has 0 atom stereocenters. The van der Waals surface area contributed by atoms with Gasteiger partial charge in [-0.25, -0.2) is 0 Å². The normalized spacial score (nSPS) is 16.0. The van der Waals surface area contributed by atoms with Crippen LogP contribution in [0.5, 0.6) is 0 Å². The Morgan fingerprint density at radius 3 is 2.50 bits per heavy atom. The second kappa shape index (κ2) is 9.23. The van der Waals surface area contributed by atoms with Crippen LogP contribution in [0.1, 0.15) is 30.2 Å². The highest BCUT2D eigenvalue weighted by Crippen LogP contribution is 2.08. The van der Waals surface area contributed by atoms with E-state index >= 15 is 0 Å². The molecule has 1 aromatic heterocycles. The third kappa shape index (κ3) is 5.76. The van der Waals surface area contributed by atoms with Crippen molar-refractivity contribution < 1.29 is 14.0 Å². The zero-order valence-corrected chi connectivity index (χ0v) is 15.6. The predicted octanol–water partition coefficient (Wildman–Crippen LogP) is -0.404. The smallest absolute Gasteiger partial charge is 0.284 e. The van der Waals surface area contributed by atoms with Gasteiger partial charge in [0.15, 0.2) is 11.7 Å². The van der Waals surface area contributed by atoms with E-state index in [1.54, 1.807) is 19.2 Å². The molecule has 0 spiro atoms. The molecule has 0 unspecified atom stereocenters. The van der Waals surface area contributed by atoms with Crippen LogP contribution in [0.4, 0.5) is 0 Å². The highest BCUT2D eigenvalue weighted by atomic mass is 16.3. The van der Waals surface area contributed by atoms with Gasteiger partial charge in [-0.1, -0.05) is 0 Å². The van der Waals surface area contributed by atoms with Crippen LogP contribution in [0.3, 0.4) is 0 Å². The average molecular weight is 364 g/mol. The summed E-state index contributed by atoms with van der Waals surface area (Å²) in [6, 6.07) is 3.43. The summed E-state index contributed by atoms with van der Waals surface area (Å²) >= 11 is 0. The van der Waals surface area contributed by atoms with Gasteiger partial charge in [-0.15, -0.1) is 0 Å². The van der Waals surface area contributed by atoms with Crippen molar-refractivity contribution in [3.05, 3.63) is 23.7 Å². The maximum absolute atomic E-state index is 11.9. The summed E-state index contributed by atoms with van der Waals surface area (Å²) in [5.74, 6) is 0.986. The van der Waals surface area contributed by atoms with E-state index < -0.39 is 5.91 Å². The maximum Gasteiger partial charge on any atom is 0.284 e. The second-order valence-electron chi connectivity index (χ2n) is 6.52. The van der Waals surface area contributed by atoms with Gasteiger partial charge in [0.1, 0.15) is 5.76 Å². The first kappa shape index (κ1) is 19.8. The number of primary amides is 1. The highest BCUT2D eigenvalue weighted by Gasteiger charge is 2.21. The van der Waals surface area contributed by atoms with Crippen LogP contribution in [0.2, 0.25) is 0 Å². The van der Waals surface area contributed by atoms with Gasteiger partial charge in [-0.2, -0.15) is 0 Å². The number of hydrogen-bond donors (Lipinski definition) is 3. The van der Waals surface area contributed by atoms with Crippen molar-refractivity contribution in [2.45, 2.75) is 26.4 Å². The Morgan fingerprint density at radius 2 is 1.96 bits per heavy atom. The Labute approximate surface area is 153 Å². The first-order valence-electron chi connectivity index (χ1n) is 8.75. The van der Waals surface area contributed by atoms with E-state index in [2.05, 4.69) is 25.4 Å². The molecule has 0 aliphatic carbocycles. The van der Waals surface area contributed by atoms with E-state index in [1.165, 1.54) is 0 Å². The van der Waals surface area contributed by atoms with Crippen molar-refractivity contribution in [3.8, 4) is 0 Å². The number of piperazine rings is 1. The number of guanidine groups is 1. The van der Waals surface area contributed by atoms with E-state index in [9.17, 15) is 9.59 Å². The number of aliphatic imine (C=N–C) groups is 1. The lowest BCUT2D eigenvalue weighted by molar-refractivity contribution is -0.123. The molecule has 9 nitrogen and oxygen atoms in total. The SMILES string of the molecule is CN=C(NCc1ccc(C(N)=O)o1)N1CCN(CC(=O)NC(C)C)CC1. The zero-order chi connectivity index (χ0) is 19.1. The van der Waals surface area contributed by atoms with E-state index in [0.717, 1.165) is 32.1 Å². The van der Waals surface area contributed by atoms with E-state index in [0.29, 0.717) is 18.8 Å². The number of hydrogen-bond acceptors (Lipinski definition) is 5. The fourth-order valence-electron chi connectivity index (χ4n) is 2.79. The fraction of sp³-hybridized carbons (Fsp3) is 0.588. The lowest BCUT2D eigenvalue weighted by Gasteiger charge is -2.36. The maximum atomic E-state index is 11.9. The molecule has 0 radical (unpaired) electrons. The van der Waals surface area contributed by atoms with Gasteiger partial charge < -0.3 is 25.7 Å². The molecule has 1 aromatic rings. The summed E-state index contributed by atoms with van der Waals surface area (Å²) in [6.07, 6.45) is 0. The molecule has 2 heterocycles. The third-order valence-electron chi connectivity index (χ3n) is 4.03. The van der Waals surface area contributed by atoms with Crippen LogP contribution in [0.15, 0.2) is 21.5 Å². The van der Waals surface area contributed by atoms with E-state index in [1.807, 2.05) is 13.8 Å². The Balaban J connectivity index is 1.79. The second-order valence-corrected chi connectivity index (χ2v) is 6.52. The number of amides is 2. The van der Waals surface area contributed by atoms with Crippen molar-refractivity contribution in [3.63, 3.8) is 0 Å². The molecule has 1 fully saturated rings. The van der Waals surface area contributed by atoms with Gasteiger partial charge in [0, 0.05) is 39.3 Å². The van der Waals surface area contributed by atoms with Gasteiger partial charge in [0.2, 0.25) is 5.91 Å². The van der Waals surface area contributed by atoms with Crippen LogP contribution in [0, 0.1) is 0 Å². The molecule has 144 valence electrons. The van der Waals surface area contributed by atoms with Crippen LogP contribution in [-0.4, -0.2) is 73.4 Å². The average Bonchev–Trinajstić information content (AvgIpc) is 3.05. The first-order valence-corrected chi connectivity index (χ1v) is 8.75. The molecule has 0 aromatic carbocycles. The van der Waals surface area contributed by atoms with Crippen LogP contribution < -0.4 is 16.4 Å². The van der Waals surface area contributed by atoms with Crippen LogP contribution in [-0.2, 0) is 11.3 Å². The van der Waals surface area contributed by atoms with Gasteiger partial charge in [-0.3, -0.25) is 19.5 Å². The monoisotopic (exact) mass is 364 g/mol. The lowest BCUT2D eigenvalue weighted by Crippen LogP contribution is -2.54. The number of nitrogens with two attached hydrogens (primary N) is 1. The summed E-state index contributed by atoms with van der Waals surface area (Å²) in [6.45, 7) is 7.88. The quantitative estimate of drug-likeness (QED) is 0.467. The number of nitrogens with one attached hydrogen (secondary N) is 2. The Bertz CT molecular complexity index is 647. The van der Waals surface area contributed by atoms with Crippen LogP contribution >= 0.6 is 0 Å². The number of nitrogens with zero attached hydrogens (tertiary/aromatic N) is 3. The molecule has 2 amide bonds. The summed E-state index contributed by atoms with van der Waals surface area (Å²) in [4.78, 5) is 31.5. The summed E-state index contributed by atoms with van der Waals surface area (Å²) in [5, 5.41) is 6.13. The number of carbonyl (C=O) groups excluding carboxylic acids is 2. The molecule has 0 bridgehead atoms. The first-order chi connectivity index (χ1) is 12.4. The fourth-order valence-corrected chi connectivity index (χ4v) is 2.79. The lowest BCUT2D eigenvalue weighted by atomic mass is 10.3.